The molecule has 4 atom stereocenters. The smallest absolute Gasteiger partial charge is 0.295 e. The first-order valence-electron chi connectivity index (χ1n) is 6.97. The van der Waals surface area contributed by atoms with E-state index in [2.05, 4.69) is 5.32 Å². The molecule has 4 unspecified atom stereocenters. The maximum absolute atomic E-state index is 11.2. The van der Waals surface area contributed by atoms with E-state index in [1.54, 1.807) is 19.1 Å². The van der Waals surface area contributed by atoms with Crippen LogP contribution in [0, 0.1) is 23.0 Å². The maximum atomic E-state index is 11.2. The molecule has 2 aliphatic rings. The largest absolute Gasteiger partial charge is 0.376 e. The number of hydrogen-bond acceptors (Lipinski definition) is 5. The van der Waals surface area contributed by atoms with Gasteiger partial charge in [-0.25, -0.2) is 0 Å². The van der Waals surface area contributed by atoms with Crippen LogP contribution in [0.2, 0.25) is 0 Å². The zero-order valence-electron chi connectivity index (χ0n) is 11.4. The molecule has 6 nitrogen and oxygen atoms in total. The molecule has 1 aromatic rings. The average Bonchev–Trinajstić information content (AvgIpc) is 2.44. The number of nitrogens with one attached hydrogen (secondary N) is 1. The highest BCUT2D eigenvalue weighted by Gasteiger charge is 2.50. The van der Waals surface area contributed by atoms with Crippen molar-refractivity contribution in [3.8, 4) is 0 Å². The van der Waals surface area contributed by atoms with Gasteiger partial charge in [0, 0.05) is 24.1 Å². The second-order valence-electron chi connectivity index (χ2n) is 5.62. The Morgan fingerprint density at radius 3 is 3.05 bits per heavy atom. The van der Waals surface area contributed by atoms with E-state index >= 15 is 0 Å². The fourth-order valence-electron chi connectivity index (χ4n) is 3.32. The summed E-state index contributed by atoms with van der Waals surface area (Å²) in [6, 6.07) is 5.24. The molecule has 1 aliphatic heterocycles. The number of nitro benzene ring substituents is 1. The van der Waals surface area contributed by atoms with Crippen LogP contribution in [-0.2, 0) is 4.74 Å². The topological polar surface area (TPSA) is 90.4 Å². The second-order valence-corrected chi connectivity index (χ2v) is 5.62. The lowest BCUT2D eigenvalue weighted by Crippen LogP contribution is -2.69. The molecule has 0 spiro atoms. The molecule has 3 rings (SSSR count). The zero-order valence-corrected chi connectivity index (χ0v) is 11.4. The Bertz CT molecular complexity index is 534. The molecule has 0 bridgehead atoms. The third-order valence-corrected chi connectivity index (χ3v) is 4.42. The summed E-state index contributed by atoms with van der Waals surface area (Å²) in [7, 11) is 0. The lowest BCUT2D eigenvalue weighted by Gasteiger charge is -2.52. The minimum atomic E-state index is -0.346. The highest BCUT2D eigenvalue weighted by atomic mass is 16.6. The van der Waals surface area contributed by atoms with Gasteiger partial charge in [0.1, 0.15) is 5.69 Å². The SMILES string of the molecule is Cc1cccc(NC2C(N)C3CCCOC32)c1[N+](=O)[O-]. The Morgan fingerprint density at radius 2 is 2.30 bits per heavy atom. The molecule has 1 aliphatic carbocycles. The highest BCUT2D eigenvalue weighted by molar-refractivity contribution is 5.66. The van der Waals surface area contributed by atoms with Gasteiger partial charge in [-0.05, 0) is 25.8 Å². The molecule has 0 amide bonds. The predicted octanol–water partition coefficient (Wildman–Crippen LogP) is 1.82. The summed E-state index contributed by atoms with van der Waals surface area (Å²) in [6.07, 6.45) is 2.21. The van der Waals surface area contributed by atoms with Gasteiger partial charge in [-0.3, -0.25) is 10.1 Å². The molecule has 1 saturated heterocycles. The molecule has 1 heterocycles. The average molecular weight is 277 g/mol. The number of nitrogens with zero attached hydrogens (tertiary/aromatic N) is 1. The molecule has 20 heavy (non-hydrogen) atoms. The molecule has 2 fully saturated rings. The van der Waals surface area contributed by atoms with E-state index in [1.165, 1.54) is 0 Å². The molecule has 3 N–H and O–H groups in total. The van der Waals surface area contributed by atoms with E-state index in [4.69, 9.17) is 10.5 Å². The van der Waals surface area contributed by atoms with Crippen LogP contribution >= 0.6 is 0 Å². The number of anilines is 1. The van der Waals surface area contributed by atoms with E-state index < -0.39 is 0 Å². The first-order chi connectivity index (χ1) is 9.59. The minimum absolute atomic E-state index is 0.000385. The quantitative estimate of drug-likeness (QED) is 0.649. The Morgan fingerprint density at radius 1 is 1.50 bits per heavy atom. The molecule has 0 radical (unpaired) electrons. The summed E-state index contributed by atoms with van der Waals surface area (Å²) in [5, 5.41) is 14.4. The number of benzene rings is 1. The molecule has 1 saturated carbocycles. The Hall–Kier alpha value is -1.66. The molecule has 1 aromatic carbocycles. The van der Waals surface area contributed by atoms with E-state index in [1.807, 2.05) is 6.07 Å². The normalized spacial score (nSPS) is 32.1. The van der Waals surface area contributed by atoms with Gasteiger partial charge in [0.25, 0.3) is 5.69 Å². The van der Waals surface area contributed by atoms with Crippen molar-refractivity contribution in [1.29, 1.82) is 0 Å². The van der Waals surface area contributed by atoms with Gasteiger partial charge in [-0.1, -0.05) is 12.1 Å². The van der Waals surface area contributed by atoms with E-state index in [0.29, 0.717) is 17.2 Å². The van der Waals surface area contributed by atoms with Crippen LogP contribution in [0.5, 0.6) is 0 Å². The number of rotatable bonds is 3. The zero-order chi connectivity index (χ0) is 14.3. The van der Waals surface area contributed by atoms with Crippen LogP contribution in [-0.4, -0.2) is 29.7 Å². The molecular weight excluding hydrogens is 258 g/mol. The summed E-state index contributed by atoms with van der Waals surface area (Å²) in [6.45, 7) is 2.49. The van der Waals surface area contributed by atoms with Gasteiger partial charge in [0.05, 0.1) is 17.1 Å². The summed E-state index contributed by atoms with van der Waals surface area (Å²) >= 11 is 0. The van der Waals surface area contributed by atoms with Crippen LogP contribution in [0.15, 0.2) is 18.2 Å². The van der Waals surface area contributed by atoms with Gasteiger partial charge in [0.15, 0.2) is 0 Å². The minimum Gasteiger partial charge on any atom is -0.376 e. The van der Waals surface area contributed by atoms with Crippen molar-refractivity contribution in [2.24, 2.45) is 11.7 Å². The van der Waals surface area contributed by atoms with Crippen molar-refractivity contribution in [3.63, 3.8) is 0 Å². The van der Waals surface area contributed by atoms with E-state index in [0.717, 1.165) is 19.4 Å². The van der Waals surface area contributed by atoms with Crippen molar-refractivity contribution in [2.45, 2.75) is 38.0 Å². The molecule has 0 aromatic heterocycles. The van der Waals surface area contributed by atoms with Gasteiger partial charge in [-0.15, -0.1) is 0 Å². The van der Waals surface area contributed by atoms with Crippen LogP contribution in [0.3, 0.4) is 0 Å². The molecular formula is C14H19N3O3. The Balaban J connectivity index is 1.82. The van der Waals surface area contributed by atoms with Crippen LogP contribution in [0.25, 0.3) is 0 Å². The molecule has 108 valence electrons. The Labute approximate surface area is 117 Å². The number of ether oxygens (including phenoxy) is 1. The predicted molar refractivity (Wildman–Crippen MR) is 75.7 cm³/mol. The van der Waals surface area contributed by atoms with Crippen molar-refractivity contribution < 1.29 is 9.66 Å². The van der Waals surface area contributed by atoms with Gasteiger partial charge in [-0.2, -0.15) is 0 Å². The lowest BCUT2D eigenvalue weighted by atomic mass is 9.68. The van der Waals surface area contributed by atoms with Gasteiger partial charge >= 0.3 is 0 Å². The van der Waals surface area contributed by atoms with Crippen molar-refractivity contribution in [1.82, 2.24) is 0 Å². The monoisotopic (exact) mass is 277 g/mol. The first kappa shape index (κ1) is 13.3. The van der Waals surface area contributed by atoms with Gasteiger partial charge in [0.2, 0.25) is 0 Å². The summed E-state index contributed by atoms with van der Waals surface area (Å²) < 4.78 is 5.75. The molecule has 6 heteroatoms. The number of hydrogen-bond donors (Lipinski definition) is 2. The number of nitrogens with two attached hydrogens (primary N) is 1. The first-order valence-corrected chi connectivity index (χ1v) is 6.97. The second kappa shape index (κ2) is 5.03. The number of aryl methyl sites for hydroxylation is 1. The fourth-order valence-corrected chi connectivity index (χ4v) is 3.32. The van der Waals surface area contributed by atoms with Crippen molar-refractivity contribution >= 4 is 11.4 Å². The third-order valence-electron chi connectivity index (χ3n) is 4.42. The number of para-hydroxylation sites is 1. The fraction of sp³-hybridized carbons (Fsp3) is 0.571. The van der Waals surface area contributed by atoms with E-state index in [-0.39, 0.29) is 28.8 Å². The van der Waals surface area contributed by atoms with Crippen LogP contribution in [0.1, 0.15) is 18.4 Å². The summed E-state index contributed by atoms with van der Waals surface area (Å²) in [4.78, 5) is 10.9. The number of fused-ring (bicyclic) bond motifs is 1. The van der Waals surface area contributed by atoms with E-state index in [9.17, 15) is 10.1 Å². The summed E-state index contributed by atoms with van der Waals surface area (Å²) in [5.41, 5.74) is 7.48. The van der Waals surface area contributed by atoms with Crippen molar-refractivity contribution in [3.05, 3.63) is 33.9 Å². The maximum Gasteiger partial charge on any atom is 0.295 e. The van der Waals surface area contributed by atoms with Gasteiger partial charge < -0.3 is 15.8 Å². The third kappa shape index (κ3) is 2.05. The standard InChI is InChI=1S/C14H19N3O3/c1-8-4-2-6-10(13(8)17(18)19)16-12-11(15)9-5-3-7-20-14(9)12/h2,4,6,9,11-12,14,16H,3,5,7,15H2,1H3. The number of nitro groups is 1. The van der Waals surface area contributed by atoms with Crippen LogP contribution < -0.4 is 11.1 Å². The Kier molecular flexibility index (Phi) is 3.35. The summed E-state index contributed by atoms with van der Waals surface area (Å²) in [5.74, 6) is 0.380. The van der Waals surface area contributed by atoms with Crippen molar-refractivity contribution in [2.75, 3.05) is 11.9 Å². The highest BCUT2D eigenvalue weighted by Crippen LogP contribution is 2.40. The lowest BCUT2D eigenvalue weighted by molar-refractivity contribution is -0.384. The van der Waals surface area contributed by atoms with Crippen LogP contribution in [0.4, 0.5) is 11.4 Å².